The summed E-state index contributed by atoms with van der Waals surface area (Å²) >= 11 is 0. The van der Waals surface area contributed by atoms with E-state index in [1.54, 1.807) is 27.7 Å². The average molecular weight is 271 g/mol. The van der Waals surface area contributed by atoms with Crippen molar-refractivity contribution < 1.29 is 27.4 Å². The second-order valence-corrected chi connectivity index (χ2v) is 4.84. The van der Waals surface area contributed by atoms with Crippen LogP contribution in [0.3, 0.4) is 0 Å². The van der Waals surface area contributed by atoms with Gasteiger partial charge in [0.05, 0.1) is 6.10 Å². The first-order valence-electron chi connectivity index (χ1n) is 5.68. The van der Waals surface area contributed by atoms with Crippen LogP contribution in [-0.4, -0.2) is 37.1 Å². The Bertz CT molecular complexity index is 261. The Hall–Kier alpha value is -0.980. The summed E-state index contributed by atoms with van der Waals surface area (Å²) in [6.07, 6.45) is -5.35. The molecule has 0 aromatic carbocycles. The number of amides is 1. The van der Waals surface area contributed by atoms with Gasteiger partial charge in [-0.15, -0.1) is 0 Å². The van der Waals surface area contributed by atoms with Gasteiger partial charge in [-0.1, -0.05) is 6.92 Å². The third-order valence-corrected chi connectivity index (χ3v) is 1.81. The summed E-state index contributed by atoms with van der Waals surface area (Å²) in [5.41, 5.74) is -0.640. The highest BCUT2D eigenvalue weighted by Crippen LogP contribution is 2.16. The number of rotatable bonds is 5. The SMILES string of the molecule is CCC(CNC(=O)OC(C)(C)C)OCC(F)(F)F. The van der Waals surface area contributed by atoms with E-state index >= 15 is 0 Å². The summed E-state index contributed by atoms with van der Waals surface area (Å²) in [4.78, 5) is 11.3. The van der Waals surface area contributed by atoms with Crippen LogP contribution >= 0.6 is 0 Å². The zero-order valence-electron chi connectivity index (χ0n) is 11.1. The number of alkyl halides is 3. The lowest BCUT2D eigenvalue weighted by Gasteiger charge is -2.22. The number of alkyl carbamates (subject to hydrolysis) is 1. The maximum Gasteiger partial charge on any atom is 0.411 e. The van der Waals surface area contributed by atoms with Crippen molar-refractivity contribution in [2.75, 3.05) is 13.2 Å². The van der Waals surface area contributed by atoms with Crippen molar-refractivity contribution in [2.24, 2.45) is 0 Å². The minimum atomic E-state index is -4.36. The van der Waals surface area contributed by atoms with E-state index in [1.807, 2.05) is 0 Å². The largest absolute Gasteiger partial charge is 0.444 e. The van der Waals surface area contributed by atoms with Crippen molar-refractivity contribution >= 4 is 6.09 Å². The van der Waals surface area contributed by atoms with Gasteiger partial charge in [0.25, 0.3) is 0 Å². The number of carbonyl (C=O) groups excluding carboxylic acids is 1. The summed E-state index contributed by atoms with van der Waals surface area (Å²) in [5, 5.41) is 2.37. The Morgan fingerprint density at radius 3 is 2.22 bits per heavy atom. The minimum absolute atomic E-state index is 0.0124. The zero-order chi connectivity index (χ0) is 14.4. The number of carbonyl (C=O) groups is 1. The van der Waals surface area contributed by atoms with Gasteiger partial charge in [0.15, 0.2) is 0 Å². The molecule has 0 saturated heterocycles. The molecule has 18 heavy (non-hydrogen) atoms. The van der Waals surface area contributed by atoms with Gasteiger partial charge >= 0.3 is 12.3 Å². The first-order valence-corrected chi connectivity index (χ1v) is 5.68. The number of hydrogen-bond acceptors (Lipinski definition) is 3. The summed E-state index contributed by atoms with van der Waals surface area (Å²) in [5.74, 6) is 0. The van der Waals surface area contributed by atoms with Crippen LogP contribution in [0.25, 0.3) is 0 Å². The molecule has 1 amide bonds. The van der Waals surface area contributed by atoms with Gasteiger partial charge < -0.3 is 14.8 Å². The molecule has 0 fully saturated rings. The second kappa shape index (κ2) is 6.82. The molecule has 0 radical (unpaired) electrons. The van der Waals surface area contributed by atoms with Crippen molar-refractivity contribution in [3.8, 4) is 0 Å². The molecule has 0 aromatic heterocycles. The standard InChI is InChI=1S/C11H20F3NO3/c1-5-8(17-7-11(12,13)14)6-15-9(16)18-10(2,3)4/h8H,5-7H2,1-4H3,(H,15,16). The van der Waals surface area contributed by atoms with E-state index in [4.69, 9.17) is 4.74 Å². The minimum Gasteiger partial charge on any atom is -0.444 e. The summed E-state index contributed by atoms with van der Waals surface area (Å²) < 4.78 is 45.4. The molecular weight excluding hydrogens is 251 g/mol. The first-order chi connectivity index (χ1) is 8.03. The van der Waals surface area contributed by atoms with Gasteiger partial charge in [-0.05, 0) is 27.2 Å². The van der Waals surface area contributed by atoms with Gasteiger partial charge in [-0.25, -0.2) is 4.79 Å². The highest BCUT2D eigenvalue weighted by Gasteiger charge is 2.29. The number of nitrogens with one attached hydrogen (secondary N) is 1. The lowest BCUT2D eigenvalue weighted by atomic mass is 10.2. The Kier molecular flexibility index (Phi) is 6.45. The fraction of sp³-hybridized carbons (Fsp3) is 0.909. The van der Waals surface area contributed by atoms with Crippen molar-refractivity contribution in [1.29, 1.82) is 0 Å². The van der Waals surface area contributed by atoms with Crippen LogP contribution < -0.4 is 5.32 Å². The molecule has 1 unspecified atom stereocenters. The molecule has 0 saturated carbocycles. The zero-order valence-corrected chi connectivity index (χ0v) is 11.1. The van der Waals surface area contributed by atoms with Crippen LogP contribution in [0.4, 0.5) is 18.0 Å². The van der Waals surface area contributed by atoms with E-state index in [1.165, 1.54) is 0 Å². The van der Waals surface area contributed by atoms with Crippen molar-refractivity contribution in [3.05, 3.63) is 0 Å². The predicted molar refractivity (Wildman–Crippen MR) is 60.3 cm³/mol. The fourth-order valence-corrected chi connectivity index (χ4v) is 1.04. The van der Waals surface area contributed by atoms with E-state index in [0.29, 0.717) is 6.42 Å². The normalized spacial score (nSPS) is 14.2. The predicted octanol–water partition coefficient (Wildman–Crippen LogP) is 2.87. The van der Waals surface area contributed by atoms with Crippen LogP contribution in [0.15, 0.2) is 0 Å². The van der Waals surface area contributed by atoms with E-state index in [9.17, 15) is 18.0 Å². The molecule has 0 heterocycles. The Morgan fingerprint density at radius 1 is 1.28 bits per heavy atom. The molecule has 0 rings (SSSR count). The van der Waals surface area contributed by atoms with Gasteiger partial charge in [-0.3, -0.25) is 0 Å². The average Bonchev–Trinajstić information content (AvgIpc) is 2.13. The molecule has 1 N–H and O–H groups in total. The summed E-state index contributed by atoms with van der Waals surface area (Å²) in [6.45, 7) is 5.44. The topological polar surface area (TPSA) is 47.6 Å². The molecule has 0 aromatic rings. The molecule has 0 aliphatic carbocycles. The summed E-state index contributed by atoms with van der Waals surface area (Å²) in [7, 11) is 0. The van der Waals surface area contributed by atoms with Crippen molar-refractivity contribution in [1.82, 2.24) is 5.32 Å². The molecule has 1 atom stereocenters. The van der Waals surface area contributed by atoms with Crippen LogP contribution in [0.1, 0.15) is 34.1 Å². The lowest BCUT2D eigenvalue weighted by Crippen LogP contribution is -2.38. The molecule has 0 spiro atoms. The third kappa shape index (κ3) is 10.2. The molecular formula is C11H20F3NO3. The van der Waals surface area contributed by atoms with E-state index in [2.05, 4.69) is 10.1 Å². The smallest absolute Gasteiger partial charge is 0.411 e. The maximum absolute atomic E-state index is 11.9. The van der Waals surface area contributed by atoms with Gasteiger partial charge in [0, 0.05) is 6.54 Å². The Morgan fingerprint density at radius 2 is 1.83 bits per heavy atom. The molecule has 0 aliphatic rings. The summed E-state index contributed by atoms with van der Waals surface area (Å²) in [6, 6.07) is 0. The molecule has 108 valence electrons. The molecule has 0 bridgehead atoms. The number of ether oxygens (including phenoxy) is 2. The quantitative estimate of drug-likeness (QED) is 0.836. The van der Waals surface area contributed by atoms with Gasteiger partial charge in [0.1, 0.15) is 12.2 Å². The highest BCUT2D eigenvalue weighted by atomic mass is 19.4. The monoisotopic (exact) mass is 271 g/mol. The van der Waals surface area contributed by atoms with E-state index in [-0.39, 0.29) is 6.54 Å². The molecule has 7 heteroatoms. The maximum atomic E-state index is 11.9. The van der Waals surface area contributed by atoms with Gasteiger partial charge in [0.2, 0.25) is 0 Å². The van der Waals surface area contributed by atoms with E-state index < -0.39 is 30.6 Å². The Balaban J connectivity index is 3.97. The van der Waals surface area contributed by atoms with Crippen LogP contribution in [0.5, 0.6) is 0 Å². The van der Waals surface area contributed by atoms with E-state index in [0.717, 1.165) is 0 Å². The molecule has 0 aliphatic heterocycles. The van der Waals surface area contributed by atoms with Crippen molar-refractivity contribution in [2.45, 2.75) is 52.0 Å². The Labute approximate surface area is 105 Å². The fourth-order valence-electron chi connectivity index (χ4n) is 1.04. The van der Waals surface area contributed by atoms with Crippen LogP contribution in [0.2, 0.25) is 0 Å². The first kappa shape index (κ1) is 17.0. The highest BCUT2D eigenvalue weighted by molar-refractivity contribution is 5.67. The number of halogens is 3. The molecule has 4 nitrogen and oxygen atoms in total. The number of hydrogen-bond donors (Lipinski definition) is 1. The van der Waals surface area contributed by atoms with Crippen LogP contribution in [0, 0.1) is 0 Å². The van der Waals surface area contributed by atoms with Gasteiger partial charge in [-0.2, -0.15) is 13.2 Å². The lowest BCUT2D eigenvalue weighted by molar-refractivity contribution is -0.184. The van der Waals surface area contributed by atoms with Crippen LogP contribution in [-0.2, 0) is 9.47 Å². The third-order valence-electron chi connectivity index (χ3n) is 1.81. The second-order valence-electron chi connectivity index (χ2n) is 4.84. The van der Waals surface area contributed by atoms with Crippen molar-refractivity contribution in [3.63, 3.8) is 0 Å².